The molecule has 1 aliphatic heterocycles. The molecule has 4 rings (SSSR count). The maximum Gasteiger partial charge on any atom is 0.271 e. The SMILES string of the molecule is CS(=O)(=O)c1cc(C(=O)Nc2nc3cc4c(cc3s2)OCCO4)cc([N+](=O)[O-])c1. The van der Waals surface area contributed by atoms with Gasteiger partial charge in [0, 0.05) is 36.1 Å². The Morgan fingerprint density at radius 3 is 2.52 bits per heavy atom. The molecular formula is C17H13N3O7S2. The van der Waals surface area contributed by atoms with Crippen LogP contribution in [-0.4, -0.2) is 43.7 Å². The van der Waals surface area contributed by atoms with E-state index in [0.717, 1.165) is 29.2 Å². The predicted octanol–water partition coefficient (Wildman–Crippen LogP) is 2.63. The molecule has 1 N–H and O–H groups in total. The summed E-state index contributed by atoms with van der Waals surface area (Å²) in [5.41, 5.74) is -0.0698. The third-order valence-corrected chi connectivity index (χ3v) is 6.09. The number of hydrogen-bond acceptors (Lipinski definition) is 9. The first kappa shape index (κ1) is 19.1. The van der Waals surface area contributed by atoms with Crippen LogP contribution in [-0.2, 0) is 9.84 Å². The Bertz CT molecular complexity index is 1220. The average molecular weight is 435 g/mol. The Morgan fingerprint density at radius 2 is 1.86 bits per heavy atom. The molecule has 3 aromatic rings. The molecule has 0 saturated carbocycles. The molecule has 2 heterocycles. The average Bonchev–Trinajstić information content (AvgIpc) is 3.05. The predicted molar refractivity (Wildman–Crippen MR) is 105 cm³/mol. The topological polar surface area (TPSA) is 138 Å². The molecule has 0 saturated heterocycles. The van der Waals surface area contributed by atoms with Crippen molar-refractivity contribution in [2.45, 2.75) is 4.90 Å². The Labute approximate surface area is 168 Å². The lowest BCUT2D eigenvalue weighted by molar-refractivity contribution is -0.385. The van der Waals surface area contributed by atoms with Crippen molar-refractivity contribution in [2.75, 3.05) is 24.8 Å². The van der Waals surface area contributed by atoms with Gasteiger partial charge in [0.15, 0.2) is 26.5 Å². The summed E-state index contributed by atoms with van der Waals surface area (Å²) in [5, 5.41) is 13.9. The van der Waals surface area contributed by atoms with Gasteiger partial charge in [-0.15, -0.1) is 0 Å². The molecule has 0 bridgehead atoms. The summed E-state index contributed by atoms with van der Waals surface area (Å²) in [4.78, 5) is 26.9. The van der Waals surface area contributed by atoms with E-state index in [0.29, 0.717) is 30.2 Å². The van der Waals surface area contributed by atoms with Gasteiger partial charge < -0.3 is 9.47 Å². The van der Waals surface area contributed by atoms with Gasteiger partial charge in [0.2, 0.25) is 0 Å². The van der Waals surface area contributed by atoms with Crippen LogP contribution in [0.5, 0.6) is 11.5 Å². The number of nitrogens with zero attached hydrogens (tertiary/aromatic N) is 2. The molecule has 12 heteroatoms. The minimum absolute atomic E-state index is 0.162. The fourth-order valence-electron chi connectivity index (χ4n) is 2.72. The first-order chi connectivity index (χ1) is 13.7. The molecule has 1 amide bonds. The number of amides is 1. The number of nitro benzene ring substituents is 1. The Kier molecular flexibility index (Phi) is 4.59. The number of anilines is 1. The van der Waals surface area contributed by atoms with Crippen molar-refractivity contribution in [1.29, 1.82) is 0 Å². The van der Waals surface area contributed by atoms with Crippen LogP contribution in [0.4, 0.5) is 10.8 Å². The van der Waals surface area contributed by atoms with Crippen molar-refractivity contribution < 1.29 is 27.6 Å². The number of sulfone groups is 1. The lowest BCUT2D eigenvalue weighted by Gasteiger charge is -2.17. The zero-order chi connectivity index (χ0) is 20.8. The normalized spacial score (nSPS) is 13.3. The highest BCUT2D eigenvalue weighted by atomic mass is 32.2. The molecule has 29 heavy (non-hydrogen) atoms. The van der Waals surface area contributed by atoms with E-state index in [1.165, 1.54) is 11.3 Å². The van der Waals surface area contributed by atoms with Gasteiger partial charge in [-0.2, -0.15) is 0 Å². The van der Waals surface area contributed by atoms with Crippen LogP contribution in [0, 0.1) is 10.1 Å². The summed E-state index contributed by atoms with van der Waals surface area (Å²) in [6.07, 6.45) is 0.910. The second kappa shape index (κ2) is 6.97. The molecule has 0 radical (unpaired) electrons. The third kappa shape index (κ3) is 3.84. The summed E-state index contributed by atoms with van der Waals surface area (Å²) in [5.74, 6) is 0.431. The van der Waals surface area contributed by atoms with Crippen molar-refractivity contribution in [1.82, 2.24) is 4.98 Å². The number of nitro groups is 1. The highest BCUT2D eigenvalue weighted by Crippen LogP contribution is 2.38. The van der Waals surface area contributed by atoms with E-state index < -0.39 is 26.4 Å². The number of carbonyl (C=O) groups is 1. The number of thiazole rings is 1. The highest BCUT2D eigenvalue weighted by molar-refractivity contribution is 7.90. The monoisotopic (exact) mass is 435 g/mol. The van der Waals surface area contributed by atoms with E-state index in [1.807, 2.05) is 0 Å². The first-order valence-corrected chi connectivity index (χ1v) is 10.9. The largest absolute Gasteiger partial charge is 0.486 e. The Balaban J connectivity index is 1.67. The molecule has 0 fully saturated rings. The lowest BCUT2D eigenvalue weighted by Crippen LogP contribution is -2.15. The summed E-state index contributed by atoms with van der Waals surface area (Å²) in [6, 6.07) is 6.47. The van der Waals surface area contributed by atoms with E-state index in [1.54, 1.807) is 12.1 Å². The number of carbonyl (C=O) groups excluding carboxylic acids is 1. The van der Waals surface area contributed by atoms with Crippen molar-refractivity contribution in [3.05, 3.63) is 46.0 Å². The van der Waals surface area contributed by atoms with Gasteiger partial charge >= 0.3 is 0 Å². The zero-order valence-electron chi connectivity index (χ0n) is 14.9. The van der Waals surface area contributed by atoms with Crippen molar-refractivity contribution in [2.24, 2.45) is 0 Å². The van der Waals surface area contributed by atoms with E-state index in [2.05, 4.69) is 10.3 Å². The second-order valence-corrected chi connectivity index (χ2v) is 9.23. The van der Waals surface area contributed by atoms with E-state index in [9.17, 15) is 23.3 Å². The number of aromatic nitrogens is 1. The number of ether oxygens (including phenoxy) is 2. The number of fused-ring (bicyclic) bond motifs is 2. The van der Waals surface area contributed by atoms with Gasteiger partial charge in [0.05, 0.1) is 20.0 Å². The molecule has 0 atom stereocenters. The Hall–Kier alpha value is -3.25. The van der Waals surface area contributed by atoms with Gasteiger partial charge in [-0.3, -0.25) is 20.2 Å². The molecule has 150 valence electrons. The minimum Gasteiger partial charge on any atom is -0.486 e. The number of non-ortho nitro benzene ring substituents is 1. The van der Waals surface area contributed by atoms with E-state index in [-0.39, 0.29) is 15.6 Å². The van der Waals surface area contributed by atoms with Crippen molar-refractivity contribution in [3.63, 3.8) is 0 Å². The van der Waals surface area contributed by atoms with Crippen LogP contribution in [0.1, 0.15) is 10.4 Å². The van der Waals surface area contributed by atoms with Crippen molar-refractivity contribution in [3.8, 4) is 11.5 Å². The van der Waals surface area contributed by atoms with Gasteiger partial charge in [0.1, 0.15) is 13.2 Å². The highest BCUT2D eigenvalue weighted by Gasteiger charge is 2.21. The first-order valence-electron chi connectivity index (χ1n) is 8.22. The van der Waals surface area contributed by atoms with Crippen LogP contribution in [0.25, 0.3) is 10.2 Å². The number of rotatable bonds is 4. The maximum absolute atomic E-state index is 12.6. The van der Waals surface area contributed by atoms with Gasteiger partial charge in [-0.1, -0.05) is 11.3 Å². The smallest absolute Gasteiger partial charge is 0.271 e. The number of nitrogens with one attached hydrogen (secondary N) is 1. The summed E-state index contributed by atoms with van der Waals surface area (Å²) >= 11 is 1.18. The maximum atomic E-state index is 12.6. The van der Waals surface area contributed by atoms with Gasteiger partial charge in [-0.25, -0.2) is 13.4 Å². The molecule has 2 aromatic carbocycles. The van der Waals surface area contributed by atoms with Crippen molar-refractivity contribution >= 4 is 48.1 Å². The zero-order valence-corrected chi connectivity index (χ0v) is 16.5. The molecule has 0 aliphatic carbocycles. The van der Waals surface area contributed by atoms with Crippen LogP contribution in [0.15, 0.2) is 35.2 Å². The minimum atomic E-state index is -3.74. The summed E-state index contributed by atoms with van der Waals surface area (Å²) < 4.78 is 35.4. The van der Waals surface area contributed by atoms with Crippen LogP contribution < -0.4 is 14.8 Å². The number of benzene rings is 2. The number of hydrogen-bond donors (Lipinski definition) is 1. The molecule has 10 nitrogen and oxygen atoms in total. The molecule has 1 aromatic heterocycles. The third-order valence-electron chi connectivity index (χ3n) is 4.07. The van der Waals surface area contributed by atoms with Crippen LogP contribution in [0.3, 0.4) is 0 Å². The fraction of sp³-hybridized carbons (Fsp3) is 0.176. The molecular weight excluding hydrogens is 422 g/mol. The van der Waals surface area contributed by atoms with E-state index >= 15 is 0 Å². The lowest BCUT2D eigenvalue weighted by atomic mass is 10.2. The van der Waals surface area contributed by atoms with Gasteiger partial charge in [0.25, 0.3) is 11.6 Å². The molecule has 0 unspecified atom stereocenters. The second-order valence-electron chi connectivity index (χ2n) is 6.18. The summed E-state index contributed by atoms with van der Waals surface area (Å²) in [6.45, 7) is 0.873. The molecule has 0 spiro atoms. The van der Waals surface area contributed by atoms with Gasteiger partial charge in [-0.05, 0) is 6.07 Å². The molecule has 1 aliphatic rings. The standard InChI is InChI=1S/C17H13N3O7S2/c1-29(24,25)11-5-9(4-10(6-11)20(22)23)16(21)19-17-18-12-7-13-14(8-15(12)28-17)27-3-2-26-13/h4-8H,2-3H2,1H3,(H,18,19,21). The fourth-order valence-corrected chi connectivity index (χ4v) is 4.27. The van der Waals surface area contributed by atoms with Crippen LogP contribution in [0.2, 0.25) is 0 Å². The van der Waals surface area contributed by atoms with Crippen LogP contribution >= 0.6 is 11.3 Å². The van der Waals surface area contributed by atoms with E-state index in [4.69, 9.17) is 9.47 Å². The Morgan fingerprint density at radius 1 is 1.17 bits per heavy atom. The summed E-state index contributed by atoms with van der Waals surface area (Å²) in [7, 11) is -3.74. The quantitative estimate of drug-likeness (QED) is 0.488.